The van der Waals surface area contributed by atoms with E-state index in [-0.39, 0.29) is 0 Å². The molecule has 3 aromatic heterocycles. The third-order valence-corrected chi connectivity index (χ3v) is 9.67. The first-order valence-electron chi connectivity index (χ1n) is 17.1. The summed E-state index contributed by atoms with van der Waals surface area (Å²) in [4.78, 5) is 15.4. The predicted octanol–water partition coefficient (Wildman–Crippen LogP) is 12.4. The van der Waals surface area contributed by atoms with Gasteiger partial charge in [-0.15, -0.1) is 0 Å². The molecular formula is C47H29N3O. The van der Waals surface area contributed by atoms with Crippen LogP contribution < -0.4 is 0 Å². The number of fused-ring (bicyclic) bond motifs is 6. The molecule has 0 spiro atoms. The Kier molecular flexibility index (Phi) is 6.78. The predicted molar refractivity (Wildman–Crippen MR) is 209 cm³/mol. The van der Waals surface area contributed by atoms with Crippen LogP contribution in [0.25, 0.3) is 99.9 Å². The highest BCUT2D eigenvalue weighted by Crippen LogP contribution is 2.41. The number of aromatic nitrogens is 3. The highest BCUT2D eigenvalue weighted by Gasteiger charge is 2.19. The molecule has 0 aliphatic carbocycles. The third-order valence-electron chi connectivity index (χ3n) is 9.67. The summed E-state index contributed by atoms with van der Waals surface area (Å²) in [6.45, 7) is 0. The van der Waals surface area contributed by atoms with E-state index in [1.54, 1.807) is 0 Å². The second-order valence-corrected chi connectivity index (χ2v) is 12.8. The van der Waals surface area contributed by atoms with Crippen LogP contribution in [0.5, 0.6) is 0 Å². The van der Waals surface area contributed by atoms with Crippen LogP contribution in [0.1, 0.15) is 0 Å². The molecule has 0 N–H and O–H groups in total. The topological polar surface area (TPSA) is 51.8 Å². The molecule has 7 aromatic carbocycles. The Morgan fingerprint density at radius 1 is 0.373 bits per heavy atom. The highest BCUT2D eigenvalue weighted by molar-refractivity contribution is 6.20. The molecule has 0 saturated heterocycles. The lowest BCUT2D eigenvalue weighted by Gasteiger charge is -2.11. The molecule has 0 fully saturated rings. The summed E-state index contributed by atoms with van der Waals surface area (Å²) < 4.78 is 6.56. The van der Waals surface area contributed by atoms with Crippen LogP contribution in [0.4, 0.5) is 0 Å². The van der Waals surface area contributed by atoms with Crippen molar-refractivity contribution in [1.29, 1.82) is 0 Å². The van der Waals surface area contributed by atoms with E-state index in [9.17, 15) is 0 Å². The number of hydrogen-bond donors (Lipinski definition) is 0. The monoisotopic (exact) mass is 651 g/mol. The van der Waals surface area contributed by atoms with E-state index in [1.165, 1.54) is 11.1 Å². The Morgan fingerprint density at radius 3 is 1.59 bits per heavy atom. The number of rotatable bonds is 5. The van der Waals surface area contributed by atoms with Crippen molar-refractivity contribution < 1.29 is 4.42 Å². The van der Waals surface area contributed by atoms with Crippen molar-refractivity contribution in [2.75, 3.05) is 0 Å². The van der Waals surface area contributed by atoms with Crippen LogP contribution in [0, 0.1) is 0 Å². The number of para-hydroxylation sites is 1. The maximum absolute atomic E-state index is 6.56. The van der Waals surface area contributed by atoms with Crippen molar-refractivity contribution in [1.82, 2.24) is 15.0 Å². The fraction of sp³-hybridized carbons (Fsp3) is 0. The van der Waals surface area contributed by atoms with Crippen LogP contribution in [0.15, 0.2) is 180 Å². The number of benzene rings is 7. The highest BCUT2D eigenvalue weighted by atomic mass is 16.3. The van der Waals surface area contributed by atoms with Gasteiger partial charge in [0.05, 0.1) is 28.0 Å². The third kappa shape index (κ3) is 5.13. The van der Waals surface area contributed by atoms with Gasteiger partial charge in [-0.2, -0.15) is 0 Å². The summed E-state index contributed by atoms with van der Waals surface area (Å²) in [5, 5.41) is 5.41. The molecule has 4 nitrogen and oxygen atoms in total. The van der Waals surface area contributed by atoms with Gasteiger partial charge in [-0.3, -0.25) is 0 Å². The van der Waals surface area contributed by atoms with Gasteiger partial charge in [0.15, 0.2) is 5.82 Å². The summed E-state index contributed by atoms with van der Waals surface area (Å²) in [5.74, 6) is 0.689. The summed E-state index contributed by atoms with van der Waals surface area (Å²) in [6, 6.07) is 60.8. The lowest BCUT2D eigenvalue weighted by molar-refractivity contribution is 0.672. The maximum atomic E-state index is 6.56. The molecular weight excluding hydrogens is 623 g/mol. The van der Waals surface area contributed by atoms with Crippen molar-refractivity contribution in [3.8, 4) is 56.3 Å². The van der Waals surface area contributed by atoms with E-state index in [0.717, 1.165) is 82.9 Å². The Morgan fingerprint density at radius 2 is 0.902 bits per heavy atom. The van der Waals surface area contributed by atoms with Gasteiger partial charge < -0.3 is 4.42 Å². The van der Waals surface area contributed by atoms with Crippen molar-refractivity contribution in [2.45, 2.75) is 0 Å². The van der Waals surface area contributed by atoms with E-state index in [4.69, 9.17) is 19.4 Å². The van der Waals surface area contributed by atoms with Crippen LogP contribution >= 0.6 is 0 Å². The Labute approximate surface area is 294 Å². The largest absolute Gasteiger partial charge is 0.455 e. The second-order valence-electron chi connectivity index (χ2n) is 12.8. The molecule has 0 aliphatic rings. The van der Waals surface area contributed by atoms with Crippen LogP contribution in [-0.4, -0.2) is 15.0 Å². The molecule has 10 aromatic rings. The molecule has 10 rings (SSSR count). The Balaban J connectivity index is 1.10. The van der Waals surface area contributed by atoms with Gasteiger partial charge in [-0.25, -0.2) is 15.0 Å². The summed E-state index contributed by atoms with van der Waals surface area (Å²) in [7, 11) is 0. The molecule has 0 aliphatic heterocycles. The minimum Gasteiger partial charge on any atom is -0.455 e. The minimum atomic E-state index is 0.689. The van der Waals surface area contributed by atoms with Gasteiger partial charge in [-0.1, -0.05) is 152 Å². The fourth-order valence-corrected chi connectivity index (χ4v) is 7.08. The van der Waals surface area contributed by atoms with E-state index in [1.807, 2.05) is 36.4 Å². The van der Waals surface area contributed by atoms with Gasteiger partial charge in [0.2, 0.25) is 0 Å². The first kappa shape index (κ1) is 29.0. The lowest BCUT2D eigenvalue weighted by atomic mass is 9.99. The molecule has 0 unspecified atom stereocenters. The maximum Gasteiger partial charge on any atom is 0.160 e. The standard InChI is InChI=1S/C47H29N3O/c1-3-11-30(12-4-1)31-19-21-32(22-20-31)40-29-41(50-47(49-40)35-13-5-2-6-14-35)33-23-25-34(26-24-33)45-44-38-17-9-10-18-43(38)51-46(44)39-27-36-15-7-8-16-37(36)28-42(39)48-45/h1-29H. The summed E-state index contributed by atoms with van der Waals surface area (Å²) in [6.07, 6.45) is 0. The zero-order chi connectivity index (χ0) is 33.7. The molecule has 51 heavy (non-hydrogen) atoms. The van der Waals surface area contributed by atoms with Gasteiger partial charge in [-0.05, 0) is 46.2 Å². The quantitative estimate of drug-likeness (QED) is 0.174. The molecule has 3 heterocycles. The number of nitrogens with zero attached hydrogens (tertiary/aromatic N) is 3. The van der Waals surface area contributed by atoms with Crippen molar-refractivity contribution in [3.05, 3.63) is 176 Å². The fourth-order valence-electron chi connectivity index (χ4n) is 7.08. The zero-order valence-corrected chi connectivity index (χ0v) is 27.5. The Hall–Kier alpha value is -6.91. The van der Waals surface area contributed by atoms with Gasteiger partial charge in [0, 0.05) is 33.0 Å². The van der Waals surface area contributed by atoms with Gasteiger partial charge in [0.25, 0.3) is 0 Å². The average Bonchev–Trinajstić information content (AvgIpc) is 3.61. The molecule has 238 valence electrons. The van der Waals surface area contributed by atoms with Gasteiger partial charge in [0.1, 0.15) is 11.2 Å². The molecule has 0 radical (unpaired) electrons. The molecule has 0 atom stereocenters. The average molecular weight is 652 g/mol. The summed E-state index contributed by atoms with van der Waals surface area (Å²) in [5.41, 5.74) is 11.6. The number of hydrogen-bond acceptors (Lipinski definition) is 4. The molecule has 0 bridgehead atoms. The normalized spacial score (nSPS) is 11.5. The van der Waals surface area contributed by atoms with Crippen LogP contribution in [0.3, 0.4) is 0 Å². The van der Waals surface area contributed by atoms with Crippen molar-refractivity contribution in [3.63, 3.8) is 0 Å². The smallest absolute Gasteiger partial charge is 0.160 e. The summed E-state index contributed by atoms with van der Waals surface area (Å²) >= 11 is 0. The van der Waals surface area contributed by atoms with Crippen molar-refractivity contribution >= 4 is 43.6 Å². The van der Waals surface area contributed by atoms with E-state index in [2.05, 4.69) is 140 Å². The van der Waals surface area contributed by atoms with Crippen LogP contribution in [-0.2, 0) is 0 Å². The zero-order valence-electron chi connectivity index (χ0n) is 27.5. The SMILES string of the molecule is c1ccc(-c2ccc(-c3cc(-c4ccc(-c5nc6cc7ccccc7cc6c6oc7ccccc7c56)cc4)nc(-c4ccccc4)n3)cc2)cc1. The van der Waals surface area contributed by atoms with Crippen LogP contribution in [0.2, 0.25) is 0 Å². The number of furan rings is 1. The number of pyridine rings is 1. The van der Waals surface area contributed by atoms with Crippen molar-refractivity contribution in [2.24, 2.45) is 0 Å². The molecule has 0 saturated carbocycles. The molecule has 0 amide bonds. The van der Waals surface area contributed by atoms with E-state index in [0.29, 0.717) is 5.82 Å². The lowest BCUT2D eigenvalue weighted by Crippen LogP contribution is -1.96. The van der Waals surface area contributed by atoms with E-state index >= 15 is 0 Å². The minimum absolute atomic E-state index is 0.689. The second kappa shape index (κ2) is 11.9. The van der Waals surface area contributed by atoms with Gasteiger partial charge >= 0.3 is 0 Å². The first-order chi connectivity index (χ1) is 25.2. The Bertz CT molecular complexity index is 2880. The van der Waals surface area contributed by atoms with E-state index < -0.39 is 0 Å². The molecule has 4 heteroatoms. The first-order valence-corrected chi connectivity index (χ1v) is 17.1.